The maximum absolute atomic E-state index is 6.12. The summed E-state index contributed by atoms with van der Waals surface area (Å²) in [6.45, 7) is 9.97. The first-order chi connectivity index (χ1) is 8.56. The predicted octanol–water partition coefficient (Wildman–Crippen LogP) is 2.84. The molecule has 0 bridgehead atoms. The van der Waals surface area contributed by atoms with Crippen molar-refractivity contribution in [2.75, 3.05) is 13.2 Å². The van der Waals surface area contributed by atoms with E-state index in [1.165, 1.54) is 11.1 Å². The van der Waals surface area contributed by atoms with Gasteiger partial charge in [0.25, 0.3) is 0 Å². The fourth-order valence-electron chi connectivity index (χ4n) is 2.11. The van der Waals surface area contributed by atoms with Gasteiger partial charge in [-0.1, -0.05) is 32.1 Å². The predicted molar refractivity (Wildman–Crippen MR) is 76.7 cm³/mol. The highest BCUT2D eigenvalue weighted by atomic mass is 16.5. The van der Waals surface area contributed by atoms with Crippen molar-refractivity contribution < 1.29 is 4.74 Å². The van der Waals surface area contributed by atoms with Gasteiger partial charge in [0.2, 0.25) is 0 Å². The zero-order chi connectivity index (χ0) is 13.5. The van der Waals surface area contributed by atoms with E-state index in [2.05, 4.69) is 20.4 Å². The van der Waals surface area contributed by atoms with Crippen molar-refractivity contribution in [3.63, 3.8) is 0 Å². The van der Waals surface area contributed by atoms with Crippen LogP contribution in [0.25, 0.3) is 0 Å². The minimum atomic E-state index is 0.392. The topological polar surface area (TPSA) is 61.3 Å². The van der Waals surface area contributed by atoms with Gasteiger partial charge in [0.05, 0.1) is 11.4 Å². The molecule has 1 aliphatic carbocycles. The lowest BCUT2D eigenvalue weighted by molar-refractivity contribution is 0.125. The SMILES string of the molecule is C=C1CC=C(N)C(N)=C(C(C)CCOCCC)C1. The van der Waals surface area contributed by atoms with Crippen LogP contribution in [0.3, 0.4) is 0 Å². The summed E-state index contributed by atoms with van der Waals surface area (Å²) in [7, 11) is 0. The van der Waals surface area contributed by atoms with Crippen molar-refractivity contribution >= 4 is 0 Å². The monoisotopic (exact) mass is 250 g/mol. The van der Waals surface area contributed by atoms with Crippen molar-refractivity contribution in [3.05, 3.63) is 35.2 Å². The lowest BCUT2D eigenvalue weighted by Crippen LogP contribution is -2.16. The minimum Gasteiger partial charge on any atom is -0.397 e. The molecule has 0 saturated heterocycles. The molecule has 1 unspecified atom stereocenters. The Kier molecular flexibility index (Phi) is 5.99. The average molecular weight is 250 g/mol. The second-order valence-corrected chi connectivity index (χ2v) is 5.03. The average Bonchev–Trinajstić information content (AvgIpc) is 2.48. The molecule has 1 atom stereocenters. The van der Waals surface area contributed by atoms with Crippen LogP contribution in [0.15, 0.2) is 35.2 Å². The molecule has 1 rings (SSSR count). The molecule has 0 saturated carbocycles. The first-order valence-corrected chi connectivity index (χ1v) is 6.75. The molecule has 102 valence electrons. The Hall–Kier alpha value is -1.22. The smallest absolute Gasteiger partial charge is 0.0542 e. The van der Waals surface area contributed by atoms with Crippen LogP contribution >= 0.6 is 0 Å². The highest BCUT2D eigenvalue weighted by Crippen LogP contribution is 2.29. The first-order valence-electron chi connectivity index (χ1n) is 6.75. The van der Waals surface area contributed by atoms with Gasteiger partial charge in [0.15, 0.2) is 0 Å². The van der Waals surface area contributed by atoms with E-state index in [4.69, 9.17) is 16.2 Å². The summed E-state index contributed by atoms with van der Waals surface area (Å²) in [6.07, 6.45) is 5.69. The molecule has 0 radical (unpaired) electrons. The molecular weight excluding hydrogens is 224 g/mol. The molecule has 0 aromatic heterocycles. The molecule has 3 nitrogen and oxygen atoms in total. The number of hydrogen-bond donors (Lipinski definition) is 2. The maximum atomic E-state index is 6.12. The van der Waals surface area contributed by atoms with Crippen LogP contribution in [0.2, 0.25) is 0 Å². The fraction of sp³-hybridized carbons (Fsp3) is 0.600. The largest absolute Gasteiger partial charge is 0.397 e. The van der Waals surface area contributed by atoms with Gasteiger partial charge >= 0.3 is 0 Å². The third kappa shape index (κ3) is 4.22. The van der Waals surface area contributed by atoms with E-state index in [1.807, 2.05) is 6.08 Å². The van der Waals surface area contributed by atoms with Crippen LogP contribution in [-0.4, -0.2) is 13.2 Å². The molecule has 1 aliphatic rings. The minimum absolute atomic E-state index is 0.392. The first kappa shape index (κ1) is 14.8. The Labute approximate surface area is 111 Å². The molecule has 0 fully saturated rings. The van der Waals surface area contributed by atoms with Crippen molar-refractivity contribution in [2.45, 2.75) is 39.5 Å². The lowest BCUT2D eigenvalue weighted by Gasteiger charge is -2.18. The van der Waals surface area contributed by atoms with Crippen molar-refractivity contribution in [1.82, 2.24) is 0 Å². The van der Waals surface area contributed by atoms with Gasteiger partial charge in [0, 0.05) is 13.2 Å². The summed E-state index contributed by atoms with van der Waals surface area (Å²) in [5, 5.41) is 0. The highest BCUT2D eigenvalue weighted by molar-refractivity contribution is 5.37. The second kappa shape index (κ2) is 7.27. The number of allylic oxidation sites excluding steroid dienone is 3. The summed E-state index contributed by atoms with van der Waals surface area (Å²) < 4.78 is 5.53. The molecule has 4 N–H and O–H groups in total. The maximum Gasteiger partial charge on any atom is 0.0542 e. The number of nitrogens with two attached hydrogens (primary N) is 2. The zero-order valence-corrected chi connectivity index (χ0v) is 11.7. The van der Waals surface area contributed by atoms with E-state index < -0.39 is 0 Å². The van der Waals surface area contributed by atoms with E-state index >= 15 is 0 Å². The molecule has 3 heteroatoms. The molecule has 0 aliphatic heterocycles. The summed E-state index contributed by atoms with van der Waals surface area (Å²) >= 11 is 0. The molecule has 0 aromatic rings. The van der Waals surface area contributed by atoms with Crippen LogP contribution in [0.4, 0.5) is 0 Å². The van der Waals surface area contributed by atoms with Crippen molar-refractivity contribution in [2.24, 2.45) is 17.4 Å². The summed E-state index contributed by atoms with van der Waals surface area (Å²) in [5.41, 5.74) is 15.9. The summed E-state index contributed by atoms with van der Waals surface area (Å²) in [6, 6.07) is 0. The molecule has 0 spiro atoms. The number of hydrogen-bond acceptors (Lipinski definition) is 3. The Balaban J connectivity index is 2.64. The van der Waals surface area contributed by atoms with Crippen LogP contribution in [-0.2, 0) is 4.74 Å². The Morgan fingerprint density at radius 3 is 2.78 bits per heavy atom. The second-order valence-electron chi connectivity index (χ2n) is 5.03. The quantitative estimate of drug-likeness (QED) is 0.563. The Bertz CT molecular complexity index is 356. The lowest BCUT2D eigenvalue weighted by atomic mass is 9.91. The molecular formula is C15H26N2O. The highest BCUT2D eigenvalue weighted by Gasteiger charge is 2.17. The van der Waals surface area contributed by atoms with Gasteiger partial charge in [-0.25, -0.2) is 0 Å². The molecule has 18 heavy (non-hydrogen) atoms. The normalized spacial score (nSPS) is 18.6. The fourth-order valence-corrected chi connectivity index (χ4v) is 2.11. The van der Waals surface area contributed by atoms with E-state index in [-0.39, 0.29) is 0 Å². The third-order valence-electron chi connectivity index (χ3n) is 3.35. The van der Waals surface area contributed by atoms with Crippen LogP contribution in [0.5, 0.6) is 0 Å². The van der Waals surface area contributed by atoms with Gasteiger partial charge in [-0.2, -0.15) is 0 Å². The Morgan fingerprint density at radius 2 is 2.11 bits per heavy atom. The van der Waals surface area contributed by atoms with Gasteiger partial charge in [-0.05, 0) is 37.2 Å². The standard InChI is InChI=1S/C15H26N2O/c1-4-8-18-9-7-12(3)13-10-11(2)5-6-14(16)15(13)17/h6,12H,2,4-5,7-10,16-17H2,1,3H3. The molecule has 0 aromatic carbocycles. The van der Waals surface area contributed by atoms with E-state index in [0.29, 0.717) is 11.6 Å². The number of ether oxygens (including phenoxy) is 1. The van der Waals surface area contributed by atoms with Gasteiger partial charge in [-0.15, -0.1) is 0 Å². The summed E-state index contributed by atoms with van der Waals surface area (Å²) in [5.74, 6) is 0.392. The molecule has 0 heterocycles. The van der Waals surface area contributed by atoms with Crippen LogP contribution in [0, 0.1) is 5.92 Å². The van der Waals surface area contributed by atoms with Gasteiger partial charge in [-0.3, -0.25) is 0 Å². The molecule has 0 amide bonds. The van der Waals surface area contributed by atoms with E-state index in [1.54, 1.807) is 0 Å². The van der Waals surface area contributed by atoms with E-state index in [0.717, 1.165) is 44.6 Å². The number of rotatable bonds is 6. The Morgan fingerprint density at radius 1 is 1.39 bits per heavy atom. The van der Waals surface area contributed by atoms with E-state index in [9.17, 15) is 0 Å². The summed E-state index contributed by atoms with van der Waals surface area (Å²) in [4.78, 5) is 0. The van der Waals surface area contributed by atoms with Crippen LogP contribution in [0.1, 0.15) is 39.5 Å². The van der Waals surface area contributed by atoms with Crippen molar-refractivity contribution in [1.29, 1.82) is 0 Å². The zero-order valence-electron chi connectivity index (χ0n) is 11.7. The van der Waals surface area contributed by atoms with Gasteiger partial charge in [0.1, 0.15) is 0 Å². The third-order valence-corrected chi connectivity index (χ3v) is 3.35. The van der Waals surface area contributed by atoms with Gasteiger partial charge < -0.3 is 16.2 Å². The van der Waals surface area contributed by atoms with Crippen LogP contribution < -0.4 is 11.5 Å². The van der Waals surface area contributed by atoms with Crippen molar-refractivity contribution in [3.8, 4) is 0 Å².